The van der Waals surface area contributed by atoms with Crippen LogP contribution in [0, 0.1) is 6.92 Å². The van der Waals surface area contributed by atoms with Crippen molar-refractivity contribution in [2.75, 3.05) is 18.0 Å². The minimum Gasteiger partial charge on any atom is -0.371 e. The smallest absolute Gasteiger partial charge is 0.251 e. The summed E-state index contributed by atoms with van der Waals surface area (Å²) < 4.78 is 26.0. The number of halogens is 3. The van der Waals surface area contributed by atoms with Gasteiger partial charge in [-0.15, -0.1) is 0 Å². The molecule has 0 bridgehead atoms. The van der Waals surface area contributed by atoms with Crippen molar-refractivity contribution in [2.24, 2.45) is 0 Å². The van der Waals surface area contributed by atoms with E-state index in [1.165, 1.54) is 0 Å². The molecule has 1 aliphatic heterocycles. The van der Waals surface area contributed by atoms with Crippen LogP contribution in [0.25, 0.3) is 0 Å². The van der Waals surface area contributed by atoms with Gasteiger partial charge in [-0.3, -0.25) is 0 Å². The summed E-state index contributed by atoms with van der Waals surface area (Å²) >= 11 is 5.86. The Balaban J connectivity index is 2.14. The monoisotopic (exact) mass is 245 g/mol. The van der Waals surface area contributed by atoms with Crippen LogP contribution in [0.4, 0.5) is 14.5 Å². The van der Waals surface area contributed by atoms with Gasteiger partial charge in [-0.05, 0) is 30.7 Å². The molecule has 0 spiro atoms. The first-order valence-electron chi connectivity index (χ1n) is 5.37. The average Bonchev–Trinajstić information content (AvgIpc) is 2.19. The van der Waals surface area contributed by atoms with Crippen LogP contribution in [0.3, 0.4) is 0 Å². The van der Waals surface area contributed by atoms with Crippen molar-refractivity contribution >= 4 is 17.3 Å². The van der Waals surface area contributed by atoms with Crippen LogP contribution in [-0.2, 0) is 0 Å². The van der Waals surface area contributed by atoms with E-state index in [0.29, 0.717) is 18.1 Å². The summed E-state index contributed by atoms with van der Waals surface area (Å²) in [5.74, 6) is -2.49. The molecule has 1 fully saturated rings. The van der Waals surface area contributed by atoms with Gasteiger partial charge < -0.3 is 4.90 Å². The third-order valence-corrected chi connectivity index (χ3v) is 3.23. The molecule has 0 N–H and O–H groups in total. The lowest BCUT2D eigenvalue weighted by atomic mass is 10.0. The summed E-state index contributed by atoms with van der Waals surface area (Å²) in [7, 11) is 0. The van der Waals surface area contributed by atoms with Crippen LogP contribution >= 0.6 is 11.6 Å². The van der Waals surface area contributed by atoms with E-state index in [9.17, 15) is 8.78 Å². The Morgan fingerprint density at radius 3 is 2.44 bits per heavy atom. The Morgan fingerprint density at radius 1 is 1.25 bits per heavy atom. The molecule has 0 aromatic heterocycles. The summed E-state index contributed by atoms with van der Waals surface area (Å²) in [6, 6.07) is 5.57. The second-order valence-electron chi connectivity index (χ2n) is 4.27. The maximum absolute atomic E-state index is 13.0. The molecule has 4 heteroatoms. The minimum absolute atomic E-state index is 0.0604. The zero-order valence-corrected chi connectivity index (χ0v) is 9.90. The summed E-state index contributed by atoms with van der Waals surface area (Å²) in [6.07, 6.45) is -0.121. The first kappa shape index (κ1) is 11.6. The lowest BCUT2D eigenvalue weighted by Gasteiger charge is -2.34. The summed E-state index contributed by atoms with van der Waals surface area (Å²) in [5.41, 5.74) is 2.05. The lowest BCUT2D eigenvalue weighted by molar-refractivity contribution is -0.0220. The number of hydrogen-bond acceptors (Lipinski definition) is 1. The third-order valence-electron chi connectivity index (χ3n) is 2.99. The van der Waals surface area contributed by atoms with Gasteiger partial charge in [-0.2, -0.15) is 0 Å². The Morgan fingerprint density at radius 2 is 1.88 bits per heavy atom. The van der Waals surface area contributed by atoms with E-state index in [1.54, 1.807) is 6.07 Å². The van der Waals surface area contributed by atoms with Gasteiger partial charge in [0, 0.05) is 36.6 Å². The van der Waals surface area contributed by atoms with Crippen molar-refractivity contribution in [2.45, 2.75) is 25.7 Å². The number of rotatable bonds is 1. The number of nitrogens with zero attached hydrogens (tertiary/aromatic N) is 1. The largest absolute Gasteiger partial charge is 0.371 e. The predicted octanol–water partition coefficient (Wildman–Crippen LogP) is 3.88. The number of alkyl halides is 2. The van der Waals surface area contributed by atoms with Crippen LogP contribution < -0.4 is 4.90 Å². The fourth-order valence-electron chi connectivity index (χ4n) is 2.05. The average molecular weight is 246 g/mol. The molecule has 16 heavy (non-hydrogen) atoms. The Kier molecular flexibility index (Phi) is 3.06. The fraction of sp³-hybridized carbons (Fsp3) is 0.500. The highest BCUT2D eigenvalue weighted by Crippen LogP contribution is 2.32. The normalized spacial score (nSPS) is 19.9. The first-order chi connectivity index (χ1) is 7.48. The zero-order chi connectivity index (χ0) is 11.8. The molecule has 0 aliphatic carbocycles. The minimum atomic E-state index is -2.49. The fourth-order valence-corrected chi connectivity index (χ4v) is 2.28. The van der Waals surface area contributed by atoms with Crippen molar-refractivity contribution in [1.29, 1.82) is 0 Å². The van der Waals surface area contributed by atoms with E-state index in [1.807, 2.05) is 24.0 Å². The maximum atomic E-state index is 13.0. The summed E-state index contributed by atoms with van der Waals surface area (Å²) in [6.45, 7) is 2.78. The van der Waals surface area contributed by atoms with Crippen molar-refractivity contribution in [3.05, 3.63) is 28.8 Å². The highest BCUT2D eigenvalue weighted by atomic mass is 35.5. The number of aryl methyl sites for hydroxylation is 1. The van der Waals surface area contributed by atoms with Crippen LogP contribution in [0.2, 0.25) is 5.02 Å². The van der Waals surface area contributed by atoms with Gasteiger partial charge in [0.1, 0.15) is 0 Å². The van der Waals surface area contributed by atoms with Gasteiger partial charge in [0.15, 0.2) is 0 Å². The first-order valence-corrected chi connectivity index (χ1v) is 5.75. The lowest BCUT2D eigenvalue weighted by Crippen LogP contribution is -2.39. The van der Waals surface area contributed by atoms with E-state index < -0.39 is 5.92 Å². The van der Waals surface area contributed by atoms with Crippen LogP contribution in [0.1, 0.15) is 18.4 Å². The molecule has 0 atom stereocenters. The Labute approximate surface area is 99.0 Å². The Bertz CT molecular complexity index is 383. The van der Waals surface area contributed by atoms with Gasteiger partial charge >= 0.3 is 0 Å². The molecule has 2 rings (SSSR count). The maximum Gasteiger partial charge on any atom is 0.251 e. The highest BCUT2D eigenvalue weighted by Gasteiger charge is 2.34. The number of anilines is 1. The second kappa shape index (κ2) is 4.21. The number of hydrogen-bond donors (Lipinski definition) is 0. The predicted molar refractivity (Wildman–Crippen MR) is 62.6 cm³/mol. The molecule has 88 valence electrons. The van der Waals surface area contributed by atoms with E-state index in [-0.39, 0.29) is 12.8 Å². The molecule has 0 amide bonds. The van der Waals surface area contributed by atoms with E-state index >= 15 is 0 Å². The van der Waals surface area contributed by atoms with Crippen molar-refractivity contribution in [3.8, 4) is 0 Å². The van der Waals surface area contributed by atoms with E-state index in [0.717, 1.165) is 11.3 Å². The molecule has 1 heterocycles. The molecule has 1 aliphatic rings. The van der Waals surface area contributed by atoms with Crippen LogP contribution in [0.15, 0.2) is 18.2 Å². The molecular formula is C12H14ClF2N. The van der Waals surface area contributed by atoms with Crippen LogP contribution in [-0.4, -0.2) is 19.0 Å². The molecule has 0 saturated carbocycles. The second-order valence-corrected chi connectivity index (χ2v) is 4.71. The van der Waals surface area contributed by atoms with Crippen molar-refractivity contribution < 1.29 is 8.78 Å². The molecule has 0 radical (unpaired) electrons. The molecule has 1 aromatic rings. The highest BCUT2D eigenvalue weighted by molar-refractivity contribution is 6.30. The molecule has 1 nitrogen and oxygen atoms in total. The van der Waals surface area contributed by atoms with Gasteiger partial charge in [-0.25, -0.2) is 8.78 Å². The molecular weight excluding hydrogens is 232 g/mol. The standard InChI is InChI=1S/C12H14ClF2N/c1-9-8-10(13)2-3-11(9)16-6-4-12(14,15)5-7-16/h2-3,8H,4-7H2,1H3. The van der Waals surface area contributed by atoms with Gasteiger partial charge in [0.25, 0.3) is 5.92 Å². The summed E-state index contributed by atoms with van der Waals surface area (Å²) in [4.78, 5) is 2.00. The van der Waals surface area contributed by atoms with Crippen LogP contribution in [0.5, 0.6) is 0 Å². The SMILES string of the molecule is Cc1cc(Cl)ccc1N1CCC(F)(F)CC1. The van der Waals surface area contributed by atoms with Crippen molar-refractivity contribution in [3.63, 3.8) is 0 Å². The molecule has 0 unspecified atom stereocenters. The quantitative estimate of drug-likeness (QED) is 0.726. The molecule has 1 aromatic carbocycles. The Hall–Kier alpha value is -0.830. The van der Waals surface area contributed by atoms with Gasteiger partial charge in [0.2, 0.25) is 0 Å². The van der Waals surface area contributed by atoms with Gasteiger partial charge in [-0.1, -0.05) is 11.6 Å². The van der Waals surface area contributed by atoms with Crippen molar-refractivity contribution in [1.82, 2.24) is 0 Å². The topological polar surface area (TPSA) is 3.24 Å². The van der Waals surface area contributed by atoms with Gasteiger partial charge in [0.05, 0.1) is 0 Å². The van der Waals surface area contributed by atoms with E-state index in [2.05, 4.69) is 0 Å². The number of benzene rings is 1. The summed E-state index contributed by atoms with van der Waals surface area (Å²) in [5, 5.41) is 0.684. The zero-order valence-electron chi connectivity index (χ0n) is 9.14. The number of piperidine rings is 1. The van der Waals surface area contributed by atoms with E-state index in [4.69, 9.17) is 11.6 Å². The molecule has 1 saturated heterocycles. The third kappa shape index (κ3) is 2.46.